The zero-order valence-electron chi connectivity index (χ0n) is 16.7. The Hall–Kier alpha value is -3.52. The lowest BCUT2D eigenvalue weighted by atomic mass is 10.1. The Morgan fingerprint density at radius 2 is 1.77 bits per heavy atom. The third-order valence-electron chi connectivity index (χ3n) is 4.99. The van der Waals surface area contributed by atoms with Crippen LogP contribution in [0.3, 0.4) is 0 Å². The summed E-state index contributed by atoms with van der Waals surface area (Å²) < 4.78 is 13.5. The van der Waals surface area contributed by atoms with Crippen molar-refractivity contribution in [3.05, 3.63) is 95.0 Å². The normalized spacial score (nSPS) is 15.5. The highest BCUT2D eigenvalue weighted by Gasteiger charge is 2.22. The maximum atomic E-state index is 8.14. The molecule has 3 heterocycles. The number of nitrogens with zero attached hydrogens (tertiary/aromatic N) is 3. The van der Waals surface area contributed by atoms with Crippen LogP contribution in [0.15, 0.2) is 83.5 Å². The molecule has 0 amide bonds. The van der Waals surface area contributed by atoms with Crippen molar-refractivity contribution in [3.8, 4) is 0 Å². The number of imidazole rings is 1. The number of aromatic nitrogens is 4. The Bertz CT molecular complexity index is 1270. The van der Waals surface area contributed by atoms with E-state index >= 15 is 0 Å². The number of aryl methyl sites for hydroxylation is 2. The minimum atomic E-state index is -0.349. The van der Waals surface area contributed by atoms with Crippen LogP contribution in [0.4, 0.5) is 0 Å². The molecule has 0 radical (unpaired) electrons. The van der Waals surface area contributed by atoms with Crippen molar-refractivity contribution in [1.82, 2.24) is 19.5 Å². The van der Waals surface area contributed by atoms with Crippen molar-refractivity contribution in [2.75, 3.05) is 0 Å². The number of hydrogen-bond donors (Lipinski definition) is 2. The predicted octanol–water partition coefficient (Wildman–Crippen LogP) is 3.99. The minimum absolute atomic E-state index is 0.171. The second-order valence-electron chi connectivity index (χ2n) is 7.17. The molecule has 7 nitrogen and oxygen atoms in total. The Morgan fingerprint density at radius 3 is 2.55 bits per heavy atom. The zero-order valence-corrected chi connectivity index (χ0v) is 17.5. The fourth-order valence-electron chi connectivity index (χ4n) is 3.42. The van der Waals surface area contributed by atoms with Crippen LogP contribution >= 0.6 is 11.8 Å². The standard InChI is InChI=1S/C23H21N5O2S/c24-21-20-22(28(15-25-21)12-11-16-7-3-1-4-8-16)27-23(26-20)31-19-14-29-18(30-19)13-17-9-5-2-6-10-17/h1-10,14-15,18,24H,11-13H2,(H,26,27). The average Bonchev–Trinajstić information content (AvgIpc) is 3.42. The summed E-state index contributed by atoms with van der Waals surface area (Å²) in [5, 5.41) is 9.41. The lowest BCUT2D eigenvalue weighted by Crippen LogP contribution is -2.13. The van der Waals surface area contributed by atoms with E-state index in [1.807, 2.05) is 53.1 Å². The van der Waals surface area contributed by atoms with E-state index in [9.17, 15) is 0 Å². The summed E-state index contributed by atoms with van der Waals surface area (Å²) in [6.45, 7) is 0.726. The van der Waals surface area contributed by atoms with E-state index in [-0.39, 0.29) is 11.8 Å². The number of aromatic amines is 1. The van der Waals surface area contributed by atoms with Gasteiger partial charge in [-0.25, -0.2) is 9.97 Å². The van der Waals surface area contributed by atoms with Crippen molar-refractivity contribution in [2.45, 2.75) is 30.8 Å². The molecule has 2 aromatic carbocycles. The maximum absolute atomic E-state index is 8.14. The van der Waals surface area contributed by atoms with Crippen molar-refractivity contribution in [3.63, 3.8) is 0 Å². The fourth-order valence-corrected chi connectivity index (χ4v) is 4.16. The Labute approximate surface area is 183 Å². The van der Waals surface area contributed by atoms with Gasteiger partial charge in [-0.2, -0.15) is 0 Å². The summed E-state index contributed by atoms with van der Waals surface area (Å²) in [4.78, 5) is 12.1. The van der Waals surface area contributed by atoms with Gasteiger partial charge in [0.15, 0.2) is 21.4 Å². The van der Waals surface area contributed by atoms with Crippen LogP contribution in [0.2, 0.25) is 0 Å². The number of nitrogens with one attached hydrogen (secondary N) is 2. The smallest absolute Gasteiger partial charge is 0.245 e. The fraction of sp³-hybridized carbons (Fsp3) is 0.174. The number of hydrogen-bond acceptors (Lipinski definition) is 6. The van der Waals surface area contributed by atoms with Gasteiger partial charge in [-0.3, -0.25) is 5.41 Å². The molecule has 5 rings (SSSR count). The molecule has 1 aliphatic heterocycles. The number of ether oxygens (including phenoxy) is 2. The van der Waals surface area contributed by atoms with Gasteiger partial charge >= 0.3 is 0 Å². The molecule has 0 fully saturated rings. The van der Waals surface area contributed by atoms with Crippen LogP contribution in [0, 0.1) is 5.41 Å². The van der Waals surface area contributed by atoms with Crippen LogP contribution < -0.4 is 5.49 Å². The zero-order chi connectivity index (χ0) is 21.0. The largest absolute Gasteiger partial charge is 0.458 e. The number of thioether (sulfide) groups is 1. The third-order valence-corrected chi connectivity index (χ3v) is 5.77. The molecule has 0 spiro atoms. The minimum Gasteiger partial charge on any atom is -0.458 e. The van der Waals surface area contributed by atoms with Gasteiger partial charge in [0.1, 0.15) is 11.8 Å². The van der Waals surface area contributed by atoms with E-state index in [4.69, 9.17) is 19.9 Å². The molecule has 2 aromatic heterocycles. The number of fused-ring (bicyclic) bond motifs is 1. The van der Waals surface area contributed by atoms with Gasteiger partial charge in [0, 0.05) is 13.0 Å². The van der Waals surface area contributed by atoms with E-state index in [2.05, 4.69) is 22.1 Å². The first kappa shape index (κ1) is 19.4. The number of benzene rings is 2. The maximum Gasteiger partial charge on any atom is 0.245 e. The quantitative estimate of drug-likeness (QED) is 0.462. The van der Waals surface area contributed by atoms with E-state index in [0.717, 1.165) is 18.5 Å². The number of rotatable bonds is 7. The van der Waals surface area contributed by atoms with Crippen LogP contribution in [0.25, 0.3) is 11.2 Å². The lowest BCUT2D eigenvalue weighted by Gasteiger charge is -2.11. The summed E-state index contributed by atoms with van der Waals surface area (Å²) in [5.74, 6) is 0. The molecule has 4 aromatic rings. The monoisotopic (exact) mass is 431 g/mol. The molecule has 156 valence electrons. The first-order valence-electron chi connectivity index (χ1n) is 10.0. The topological polar surface area (TPSA) is 88.8 Å². The lowest BCUT2D eigenvalue weighted by molar-refractivity contribution is -0.0236. The molecular weight excluding hydrogens is 410 g/mol. The Kier molecular flexibility index (Phi) is 5.45. The summed E-state index contributed by atoms with van der Waals surface area (Å²) >= 11 is 1.35. The highest BCUT2D eigenvalue weighted by atomic mass is 32.2. The molecule has 0 aliphatic carbocycles. The van der Waals surface area contributed by atoms with E-state index < -0.39 is 0 Å². The summed E-state index contributed by atoms with van der Waals surface area (Å²) in [6, 6.07) is 20.4. The molecule has 0 saturated heterocycles. The van der Waals surface area contributed by atoms with Crippen LogP contribution in [0.1, 0.15) is 11.1 Å². The van der Waals surface area contributed by atoms with Gasteiger partial charge in [0.05, 0.1) is 6.33 Å². The van der Waals surface area contributed by atoms with Gasteiger partial charge in [-0.15, -0.1) is 0 Å². The average molecular weight is 432 g/mol. The van der Waals surface area contributed by atoms with Gasteiger partial charge in [-0.1, -0.05) is 60.7 Å². The first-order chi connectivity index (χ1) is 15.2. The Balaban J connectivity index is 1.28. The predicted molar refractivity (Wildman–Crippen MR) is 118 cm³/mol. The highest BCUT2D eigenvalue weighted by molar-refractivity contribution is 8.02. The third kappa shape index (κ3) is 4.49. The van der Waals surface area contributed by atoms with Gasteiger partial charge in [0.2, 0.25) is 6.29 Å². The SMILES string of the molecule is N=c1ncn(CCc2ccccc2)c2nc(SC3=COC(Cc4ccccc4)O3)[nH]c12. The summed E-state index contributed by atoms with van der Waals surface area (Å²) in [7, 11) is 0. The second kappa shape index (κ2) is 8.69. The highest BCUT2D eigenvalue weighted by Crippen LogP contribution is 2.32. The van der Waals surface area contributed by atoms with Crippen LogP contribution in [-0.2, 0) is 28.9 Å². The first-order valence-corrected chi connectivity index (χ1v) is 10.8. The van der Waals surface area contributed by atoms with Crippen molar-refractivity contribution in [2.24, 2.45) is 0 Å². The molecule has 1 aliphatic rings. The van der Waals surface area contributed by atoms with Gasteiger partial charge in [-0.05, 0) is 29.3 Å². The molecule has 1 unspecified atom stereocenters. The summed E-state index contributed by atoms with van der Waals surface area (Å²) in [5.41, 5.74) is 3.89. The molecule has 1 atom stereocenters. The van der Waals surface area contributed by atoms with Crippen LogP contribution in [0.5, 0.6) is 0 Å². The molecule has 2 N–H and O–H groups in total. The molecule has 0 bridgehead atoms. The van der Waals surface area contributed by atoms with Gasteiger partial charge < -0.3 is 19.0 Å². The molecule has 0 saturated carbocycles. The number of H-pyrrole nitrogens is 1. The van der Waals surface area contributed by atoms with E-state index in [1.165, 1.54) is 17.3 Å². The molecule has 8 heteroatoms. The Morgan fingerprint density at radius 1 is 1.03 bits per heavy atom. The molecular formula is C23H21N5O2S. The van der Waals surface area contributed by atoms with Crippen molar-refractivity contribution in [1.29, 1.82) is 5.41 Å². The van der Waals surface area contributed by atoms with E-state index in [0.29, 0.717) is 27.8 Å². The van der Waals surface area contributed by atoms with Crippen molar-refractivity contribution < 1.29 is 9.47 Å². The van der Waals surface area contributed by atoms with E-state index in [1.54, 1.807) is 12.6 Å². The van der Waals surface area contributed by atoms with Gasteiger partial charge in [0.25, 0.3) is 0 Å². The molecule has 31 heavy (non-hydrogen) atoms. The van der Waals surface area contributed by atoms with Crippen LogP contribution in [-0.4, -0.2) is 25.8 Å². The second-order valence-corrected chi connectivity index (χ2v) is 8.17. The van der Waals surface area contributed by atoms with Crippen molar-refractivity contribution >= 4 is 22.9 Å². The summed E-state index contributed by atoms with van der Waals surface area (Å²) in [6.07, 6.45) is 4.47.